The summed E-state index contributed by atoms with van der Waals surface area (Å²) in [5, 5.41) is 2.69. The van der Waals surface area contributed by atoms with E-state index in [0.717, 1.165) is 11.3 Å². The van der Waals surface area contributed by atoms with E-state index in [-0.39, 0.29) is 11.9 Å². The van der Waals surface area contributed by atoms with E-state index in [2.05, 4.69) is 5.32 Å². The number of benzene rings is 1. The first-order valence-corrected chi connectivity index (χ1v) is 5.23. The molecule has 1 aromatic carbocycles. The number of esters is 1. The van der Waals surface area contributed by atoms with E-state index in [1.807, 2.05) is 12.1 Å². The molecule has 1 aliphatic heterocycles. The van der Waals surface area contributed by atoms with Gasteiger partial charge in [0, 0.05) is 6.92 Å². The van der Waals surface area contributed by atoms with Crippen LogP contribution in [-0.4, -0.2) is 25.1 Å². The Morgan fingerprint density at radius 3 is 2.41 bits per heavy atom. The monoisotopic (exact) mass is 235 g/mol. The molecule has 2 rings (SSSR count). The molecule has 1 fully saturated rings. The van der Waals surface area contributed by atoms with E-state index >= 15 is 0 Å². The number of hydrogen-bond donors (Lipinski definition) is 1. The Kier molecular flexibility index (Phi) is 2.99. The zero-order valence-corrected chi connectivity index (χ0v) is 9.60. The van der Waals surface area contributed by atoms with Crippen LogP contribution in [0.15, 0.2) is 24.3 Å². The van der Waals surface area contributed by atoms with Gasteiger partial charge in [0.1, 0.15) is 11.8 Å². The lowest BCUT2D eigenvalue weighted by Gasteiger charge is -2.35. The third-order valence-electron chi connectivity index (χ3n) is 2.63. The van der Waals surface area contributed by atoms with E-state index in [4.69, 9.17) is 9.47 Å². The quantitative estimate of drug-likeness (QED) is 0.621. The van der Waals surface area contributed by atoms with Gasteiger partial charge in [0.25, 0.3) is 5.91 Å². The number of carbonyl (C=O) groups is 2. The minimum atomic E-state index is -0.721. The number of carbonyl (C=O) groups excluding carboxylic acids is 2. The molecule has 1 heterocycles. The maximum Gasteiger partial charge on any atom is 0.303 e. The van der Waals surface area contributed by atoms with Crippen LogP contribution in [-0.2, 0) is 14.3 Å². The molecule has 1 aromatic rings. The second-order valence-electron chi connectivity index (χ2n) is 3.79. The van der Waals surface area contributed by atoms with Crippen molar-refractivity contribution >= 4 is 11.9 Å². The number of amides is 1. The fraction of sp³-hybridized carbons (Fsp3) is 0.333. The van der Waals surface area contributed by atoms with Crippen LogP contribution in [0.5, 0.6) is 5.75 Å². The van der Waals surface area contributed by atoms with Crippen LogP contribution in [0.1, 0.15) is 18.5 Å². The minimum Gasteiger partial charge on any atom is -0.497 e. The summed E-state index contributed by atoms with van der Waals surface area (Å²) in [5.74, 6) is 0.0211. The Morgan fingerprint density at radius 2 is 1.94 bits per heavy atom. The van der Waals surface area contributed by atoms with Gasteiger partial charge in [0.2, 0.25) is 6.10 Å². The molecular formula is C12H13NO4. The minimum absolute atomic E-state index is 0.263. The smallest absolute Gasteiger partial charge is 0.303 e. The molecule has 0 saturated carbocycles. The number of rotatable bonds is 3. The van der Waals surface area contributed by atoms with Crippen LogP contribution >= 0.6 is 0 Å². The number of nitrogens with one attached hydrogen (secondary N) is 1. The molecule has 1 aliphatic rings. The van der Waals surface area contributed by atoms with Gasteiger partial charge in [0.05, 0.1) is 7.11 Å². The number of ether oxygens (including phenoxy) is 2. The number of methoxy groups -OCH3 is 1. The fourth-order valence-electron chi connectivity index (χ4n) is 1.74. The maximum atomic E-state index is 11.3. The molecule has 1 saturated heterocycles. The predicted molar refractivity (Wildman–Crippen MR) is 59.4 cm³/mol. The Labute approximate surface area is 98.7 Å². The van der Waals surface area contributed by atoms with Crippen LogP contribution in [0.25, 0.3) is 0 Å². The fourth-order valence-corrected chi connectivity index (χ4v) is 1.74. The van der Waals surface area contributed by atoms with Crippen molar-refractivity contribution in [3.05, 3.63) is 29.8 Å². The summed E-state index contributed by atoms with van der Waals surface area (Å²) >= 11 is 0. The normalized spacial score (nSPS) is 22.4. The molecule has 1 amide bonds. The molecule has 0 aromatic heterocycles. The molecule has 1 N–H and O–H groups in total. The highest BCUT2D eigenvalue weighted by Gasteiger charge is 2.42. The number of hydrogen-bond acceptors (Lipinski definition) is 4. The predicted octanol–water partition coefficient (Wildman–Crippen LogP) is 0.798. The molecule has 90 valence electrons. The van der Waals surface area contributed by atoms with Crippen molar-refractivity contribution in [2.45, 2.75) is 19.1 Å². The Balaban J connectivity index is 2.11. The lowest BCUT2D eigenvalue weighted by atomic mass is 9.94. The lowest BCUT2D eigenvalue weighted by Crippen LogP contribution is -2.57. The average Bonchev–Trinajstić information content (AvgIpc) is 2.33. The molecule has 2 atom stereocenters. The number of β-lactam (4-membered cyclic amide) rings is 1. The third-order valence-corrected chi connectivity index (χ3v) is 2.63. The largest absolute Gasteiger partial charge is 0.497 e. The van der Waals surface area contributed by atoms with E-state index in [0.29, 0.717) is 0 Å². The molecule has 5 heteroatoms. The zero-order chi connectivity index (χ0) is 12.4. The van der Waals surface area contributed by atoms with Crippen molar-refractivity contribution < 1.29 is 19.1 Å². The van der Waals surface area contributed by atoms with Crippen molar-refractivity contribution in [2.75, 3.05) is 7.11 Å². The van der Waals surface area contributed by atoms with Gasteiger partial charge in [-0.25, -0.2) is 0 Å². The van der Waals surface area contributed by atoms with Crippen molar-refractivity contribution in [1.29, 1.82) is 0 Å². The average molecular weight is 235 g/mol. The molecule has 0 bridgehead atoms. The lowest BCUT2D eigenvalue weighted by molar-refractivity contribution is -0.164. The summed E-state index contributed by atoms with van der Waals surface area (Å²) in [6.07, 6.45) is -0.721. The van der Waals surface area contributed by atoms with Crippen molar-refractivity contribution in [3.8, 4) is 5.75 Å². The van der Waals surface area contributed by atoms with Gasteiger partial charge in [-0.15, -0.1) is 0 Å². The molecule has 0 spiro atoms. The summed E-state index contributed by atoms with van der Waals surface area (Å²) in [6, 6.07) is 6.99. The summed E-state index contributed by atoms with van der Waals surface area (Å²) in [5.41, 5.74) is 0.886. The van der Waals surface area contributed by atoms with Gasteiger partial charge in [-0.05, 0) is 17.7 Å². The van der Waals surface area contributed by atoms with Gasteiger partial charge in [-0.3, -0.25) is 9.59 Å². The van der Waals surface area contributed by atoms with Gasteiger partial charge in [-0.2, -0.15) is 0 Å². The summed E-state index contributed by atoms with van der Waals surface area (Å²) in [6.45, 7) is 1.29. The van der Waals surface area contributed by atoms with Gasteiger partial charge >= 0.3 is 5.97 Å². The van der Waals surface area contributed by atoms with E-state index in [1.165, 1.54) is 6.92 Å². The topological polar surface area (TPSA) is 64.6 Å². The highest BCUT2D eigenvalue weighted by Crippen LogP contribution is 2.28. The summed E-state index contributed by atoms with van der Waals surface area (Å²) in [7, 11) is 1.59. The molecule has 17 heavy (non-hydrogen) atoms. The van der Waals surface area contributed by atoms with Gasteiger partial charge in [-0.1, -0.05) is 12.1 Å². The van der Waals surface area contributed by atoms with Crippen LogP contribution < -0.4 is 10.1 Å². The van der Waals surface area contributed by atoms with E-state index < -0.39 is 12.1 Å². The van der Waals surface area contributed by atoms with Gasteiger partial charge in [0.15, 0.2) is 0 Å². The molecule has 5 nitrogen and oxygen atoms in total. The third kappa shape index (κ3) is 2.22. The first kappa shape index (κ1) is 11.4. The Morgan fingerprint density at radius 1 is 1.29 bits per heavy atom. The van der Waals surface area contributed by atoms with E-state index in [1.54, 1.807) is 19.2 Å². The zero-order valence-electron chi connectivity index (χ0n) is 9.60. The Hall–Kier alpha value is -2.04. The highest BCUT2D eigenvalue weighted by atomic mass is 16.6. The maximum absolute atomic E-state index is 11.3. The van der Waals surface area contributed by atoms with Crippen LogP contribution in [0.3, 0.4) is 0 Å². The van der Waals surface area contributed by atoms with E-state index in [9.17, 15) is 9.59 Å². The molecule has 0 radical (unpaired) electrons. The first-order chi connectivity index (χ1) is 8.11. The second-order valence-corrected chi connectivity index (χ2v) is 3.79. The summed E-state index contributed by atoms with van der Waals surface area (Å²) in [4.78, 5) is 22.1. The summed E-state index contributed by atoms with van der Waals surface area (Å²) < 4.78 is 9.98. The molecular weight excluding hydrogens is 222 g/mol. The second kappa shape index (κ2) is 4.45. The van der Waals surface area contributed by atoms with Crippen molar-refractivity contribution in [1.82, 2.24) is 5.32 Å². The first-order valence-electron chi connectivity index (χ1n) is 5.23. The SMILES string of the molecule is COc1ccc([C@H]2NC(=O)[C@H]2OC(C)=O)cc1. The van der Waals surface area contributed by atoms with Crippen LogP contribution in [0.2, 0.25) is 0 Å². The standard InChI is InChI=1S/C12H13NO4/c1-7(14)17-11-10(13-12(11)15)8-3-5-9(16-2)6-4-8/h3-6,10-11H,1-2H3,(H,13,15)/t10-,11+/m1/s1. The van der Waals surface area contributed by atoms with Gasteiger partial charge < -0.3 is 14.8 Å². The van der Waals surface area contributed by atoms with Crippen LogP contribution in [0, 0.1) is 0 Å². The molecule has 0 aliphatic carbocycles. The van der Waals surface area contributed by atoms with Crippen molar-refractivity contribution in [3.63, 3.8) is 0 Å². The highest BCUT2D eigenvalue weighted by molar-refractivity contribution is 5.90. The van der Waals surface area contributed by atoms with Crippen molar-refractivity contribution in [2.24, 2.45) is 0 Å². The van der Waals surface area contributed by atoms with Crippen LogP contribution in [0.4, 0.5) is 0 Å². The molecule has 0 unspecified atom stereocenters. The Bertz CT molecular complexity index is 440.